The fraction of sp³-hybridized carbons (Fsp3) is 0.375. The number of benzene rings is 2. The number of likely N-dealkylation sites (tertiary alicyclic amines) is 1. The van der Waals surface area contributed by atoms with Crippen molar-refractivity contribution in [3.05, 3.63) is 71.4 Å². The van der Waals surface area contributed by atoms with Crippen LogP contribution in [-0.2, 0) is 11.8 Å². The Morgan fingerprint density at radius 3 is 2.67 bits per heavy atom. The van der Waals surface area contributed by atoms with Gasteiger partial charge in [0.1, 0.15) is 0 Å². The summed E-state index contributed by atoms with van der Waals surface area (Å²) in [6.45, 7) is 7.91. The molecule has 1 aliphatic heterocycles. The Morgan fingerprint density at radius 1 is 1.07 bits per heavy atom. The molecule has 3 aromatic rings. The van der Waals surface area contributed by atoms with Crippen molar-refractivity contribution in [2.45, 2.75) is 45.1 Å². The lowest BCUT2D eigenvalue weighted by Crippen LogP contribution is -2.64. The summed E-state index contributed by atoms with van der Waals surface area (Å²) in [5.41, 5.74) is 4.83. The molecule has 27 heavy (non-hydrogen) atoms. The quantitative estimate of drug-likeness (QED) is 0.658. The van der Waals surface area contributed by atoms with E-state index in [1.165, 1.54) is 11.1 Å². The zero-order valence-corrected chi connectivity index (χ0v) is 16.3. The van der Waals surface area contributed by atoms with Gasteiger partial charge in [-0.2, -0.15) is 0 Å². The monoisotopic (exact) mass is 358 g/mol. The van der Waals surface area contributed by atoms with Crippen LogP contribution >= 0.6 is 0 Å². The minimum absolute atomic E-state index is 0.0291. The van der Waals surface area contributed by atoms with Crippen LogP contribution in [0.3, 0.4) is 0 Å². The molecular formula is C24H26N2O. The number of nitrogens with one attached hydrogen (secondary N) is 1. The zero-order valence-electron chi connectivity index (χ0n) is 16.3. The average molecular weight is 358 g/mol. The van der Waals surface area contributed by atoms with Gasteiger partial charge in [-0.25, -0.2) is 0 Å². The van der Waals surface area contributed by atoms with E-state index in [0.29, 0.717) is 0 Å². The zero-order chi connectivity index (χ0) is 18.8. The summed E-state index contributed by atoms with van der Waals surface area (Å²) < 4.78 is 0. The predicted molar refractivity (Wildman–Crippen MR) is 109 cm³/mol. The Balaban J connectivity index is 1.59. The molecule has 2 aliphatic rings. The van der Waals surface area contributed by atoms with Gasteiger partial charge in [-0.3, -0.25) is 4.79 Å². The Hall–Kier alpha value is -2.55. The van der Waals surface area contributed by atoms with E-state index in [4.69, 9.17) is 0 Å². The number of hydrogen-bond donors (Lipinski definition) is 1. The second-order valence-corrected chi connectivity index (χ2v) is 8.93. The smallest absolute Gasteiger partial charge is 0.256 e. The topological polar surface area (TPSA) is 36.1 Å². The summed E-state index contributed by atoms with van der Waals surface area (Å²) >= 11 is 0. The maximum Gasteiger partial charge on any atom is 0.256 e. The van der Waals surface area contributed by atoms with E-state index in [1.54, 1.807) is 0 Å². The van der Waals surface area contributed by atoms with E-state index in [-0.39, 0.29) is 22.8 Å². The number of para-hydroxylation sites is 1. The first-order chi connectivity index (χ1) is 12.9. The standard InChI is InChI=1S/C24H26N2O/c1-23(2)21-14-16-8-4-6-10-19(16)24(23,3)12-13-26(21)22(27)18-15-25-20-11-7-5-9-17(18)20/h4-11,15,21,25H,12-14H2,1-3H3/t21?,24-/m0/s1. The van der Waals surface area contributed by atoms with Gasteiger partial charge >= 0.3 is 0 Å². The van der Waals surface area contributed by atoms with Gasteiger partial charge < -0.3 is 9.88 Å². The number of amides is 1. The summed E-state index contributed by atoms with van der Waals surface area (Å²) in [6, 6.07) is 17.1. The first kappa shape index (κ1) is 16.6. The number of H-pyrrole nitrogens is 1. The lowest BCUT2D eigenvalue weighted by atomic mass is 9.51. The number of rotatable bonds is 1. The number of aromatic nitrogens is 1. The molecule has 1 N–H and O–H groups in total. The number of aromatic amines is 1. The van der Waals surface area contributed by atoms with Crippen molar-refractivity contribution >= 4 is 16.8 Å². The highest BCUT2D eigenvalue weighted by Gasteiger charge is 2.56. The first-order valence-electron chi connectivity index (χ1n) is 9.89. The Labute approximate surface area is 160 Å². The van der Waals surface area contributed by atoms with Crippen molar-refractivity contribution in [1.82, 2.24) is 9.88 Å². The largest absolute Gasteiger partial charge is 0.360 e. The highest BCUT2D eigenvalue weighted by Crippen LogP contribution is 2.56. The van der Waals surface area contributed by atoms with Gasteiger partial charge in [0.05, 0.1) is 5.56 Å². The van der Waals surface area contributed by atoms with Crippen LogP contribution in [0.1, 0.15) is 48.7 Å². The van der Waals surface area contributed by atoms with Crippen molar-refractivity contribution in [2.24, 2.45) is 5.41 Å². The summed E-state index contributed by atoms with van der Waals surface area (Å²) in [7, 11) is 0. The van der Waals surface area contributed by atoms with E-state index < -0.39 is 0 Å². The molecule has 0 radical (unpaired) electrons. The lowest BCUT2D eigenvalue weighted by molar-refractivity contribution is -0.0261. The second kappa shape index (κ2) is 5.48. The molecule has 138 valence electrons. The number of piperidine rings is 1. The fourth-order valence-electron chi connectivity index (χ4n) is 5.52. The third-order valence-electron chi connectivity index (χ3n) is 7.59. The van der Waals surface area contributed by atoms with Gasteiger partial charge in [0.2, 0.25) is 0 Å². The molecule has 0 spiro atoms. The van der Waals surface area contributed by atoms with Crippen LogP contribution in [0, 0.1) is 5.41 Å². The highest BCUT2D eigenvalue weighted by molar-refractivity contribution is 6.06. The molecule has 1 fully saturated rings. The molecule has 1 aromatic heterocycles. The van der Waals surface area contributed by atoms with E-state index >= 15 is 0 Å². The molecule has 3 nitrogen and oxygen atoms in total. The lowest BCUT2D eigenvalue weighted by Gasteiger charge is -2.60. The highest BCUT2D eigenvalue weighted by atomic mass is 16.2. The van der Waals surface area contributed by atoms with Gasteiger partial charge in [0, 0.05) is 35.1 Å². The summed E-state index contributed by atoms with van der Waals surface area (Å²) in [5.74, 6) is 0.159. The van der Waals surface area contributed by atoms with Crippen LogP contribution in [0.4, 0.5) is 0 Å². The number of fused-ring (bicyclic) bond motifs is 5. The number of carbonyl (C=O) groups is 1. The van der Waals surface area contributed by atoms with E-state index in [0.717, 1.165) is 35.9 Å². The van der Waals surface area contributed by atoms with Gasteiger partial charge in [-0.15, -0.1) is 0 Å². The Kier molecular flexibility index (Phi) is 3.37. The van der Waals surface area contributed by atoms with Crippen molar-refractivity contribution in [2.75, 3.05) is 6.54 Å². The van der Waals surface area contributed by atoms with Crippen LogP contribution in [-0.4, -0.2) is 28.4 Å². The van der Waals surface area contributed by atoms with Crippen LogP contribution in [0.2, 0.25) is 0 Å². The SMILES string of the molecule is CC1(C)C2Cc3ccccc3[C@]1(C)CCN2C(=O)c1c[nH]c2ccccc12. The normalized spacial score (nSPS) is 26.0. The van der Waals surface area contributed by atoms with Crippen molar-refractivity contribution in [3.63, 3.8) is 0 Å². The molecule has 1 unspecified atom stereocenters. The molecular weight excluding hydrogens is 332 g/mol. The van der Waals surface area contributed by atoms with E-state index in [1.807, 2.05) is 30.5 Å². The van der Waals surface area contributed by atoms with E-state index in [9.17, 15) is 4.79 Å². The van der Waals surface area contributed by atoms with Gasteiger partial charge in [-0.05, 0) is 35.4 Å². The van der Waals surface area contributed by atoms with Crippen LogP contribution in [0.25, 0.3) is 10.9 Å². The molecule has 2 aromatic carbocycles. The second-order valence-electron chi connectivity index (χ2n) is 8.93. The first-order valence-corrected chi connectivity index (χ1v) is 9.89. The summed E-state index contributed by atoms with van der Waals surface area (Å²) in [5, 5.41) is 1.02. The molecule has 2 atom stereocenters. The fourth-order valence-corrected chi connectivity index (χ4v) is 5.52. The van der Waals surface area contributed by atoms with Crippen LogP contribution < -0.4 is 0 Å². The maximum atomic E-state index is 13.6. The predicted octanol–water partition coefficient (Wildman–Crippen LogP) is 4.92. The molecule has 3 heteroatoms. The summed E-state index contributed by atoms with van der Waals surface area (Å²) in [4.78, 5) is 19.0. The summed E-state index contributed by atoms with van der Waals surface area (Å²) in [6.07, 6.45) is 3.82. The van der Waals surface area contributed by atoms with E-state index in [2.05, 4.69) is 54.9 Å². The third-order valence-corrected chi connectivity index (χ3v) is 7.59. The van der Waals surface area contributed by atoms with Crippen molar-refractivity contribution in [1.29, 1.82) is 0 Å². The molecule has 0 saturated carbocycles. The molecule has 5 rings (SSSR count). The Morgan fingerprint density at radius 2 is 1.81 bits per heavy atom. The number of nitrogens with zero attached hydrogens (tertiary/aromatic N) is 1. The minimum Gasteiger partial charge on any atom is -0.360 e. The van der Waals surface area contributed by atoms with Crippen LogP contribution in [0.5, 0.6) is 0 Å². The molecule has 1 aliphatic carbocycles. The number of carbonyl (C=O) groups excluding carboxylic acids is 1. The molecule has 1 amide bonds. The Bertz CT molecular complexity index is 1050. The van der Waals surface area contributed by atoms with Crippen molar-refractivity contribution < 1.29 is 4.79 Å². The average Bonchev–Trinajstić information content (AvgIpc) is 3.08. The number of hydrogen-bond acceptors (Lipinski definition) is 1. The van der Waals surface area contributed by atoms with Gasteiger partial charge in [0.15, 0.2) is 0 Å². The maximum absolute atomic E-state index is 13.6. The van der Waals surface area contributed by atoms with Gasteiger partial charge in [0.25, 0.3) is 5.91 Å². The molecule has 1 saturated heterocycles. The van der Waals surface area contributed by atoms with Crippen LogP contribution in [0.15, 0.2) is 54.7 Å². The minimum atomic E-state index is 0.0291. The van der Waals surface area contributed by atoms with Gasteiger partial charge in [-0.1, -0.05) is 63.2 Å². The van der Waals surface area contributed by atoms with Crippen molar-refractivity contribution in [3.8, 4) is 0 Å². The molecule has 2 heterocycles. The molecule has 2 bridgehead atoms. The third kappa shape index (κ3) is 2.11.